The molecule has 18 heavy (non-hydrogen) atoms. The minimum absolute atomic E-state index is 0. The molecular formula is C13H20ClFN2O. The molecule has 0 unspecified atom stereocenters. The number of nitrogens with one attached hydrogen (secondary N) is 1. The maximum Gasteiger partial charge on any atom is 0.126 e. The third kappa shape index (κ3) is 3.42. The van der Waals surface area contributed by atoms with Gasteiger partial charge in [0.15, 0.2) is 0 Å². The van der Waals surface area contributed by atoms with Crippen LogP contribution in [0.3, 0.4) is 0 Å². The van der Waals surface area contributed by atoms with Gasteiger partial charge in [-0.05, 0) is 24.1 Å². The summed E-state index contributed by atoms with van der Waals surface area (Å²) in [5.74, 6) is -0.189. The second-order valence-corrected chi connectivity index (χ2v) is 4.49. The van der Waals surface area contributed by atoms with Crippen molar-refractivity contribution in [2.45, 2.75) is 13.0 Å². The lowest BCUT2D eigenvalue weighted by Crippen LogP contribution is -2.46. The van der Waals surface area contributed by atoms with E-state index >= 15 is 0 Å². The molecule has 5 heteroatoms. The van der Waals surface area contributed by atoms with Crippen molar-refractivity contribution in [3.8, 4) is 0 Å². The number of rotatable bonds is 3. The van der Waals surface area contributed by atoms with Gasteiger partial charge in [-0.2, -0.15) is 0 Å². The maximum absolute atomic E-state index is 13.2. The minimum atomic E-state index is -0.189. The van der Waals surface area contributed by atoms with E-state index in [1.54, 1.807) is 13.0 Å². The van der Waals surface area contributed by atoms with Crippen LogP contribution in [-0.2, 0) is 0 Å². The van der Waals surface area contributed by atoms with Gasteiger partial charge in [-0.25, -0.2) is 4.39 Å². The Morgan fingerprint density at radius 1 is 1.39 bits per heavy atom. The van der Waals surface area contributed by atoms with Gasteiger partial charge in [-0.3, -0.25) is 4.90 Å². The molecule has 1 aliphatic heterocycles. The Kier molecular flexibility index (Phi) is 6.02. The molecule has 1 aliphatic rings. The number of benzene rings is 1. The van der Waals surface area contributed by atoms with Crippen molar-refractivity contribution in [1.29, 1.82) is 0 Å². The molecule has 1 heterocycles. The van der Waals surface area contributed by atoms with Crippen molar-refractivity contribution in [2.75, 3.05) is 32.8 Å². The van der Waals surface area contributed by atoms with E-state index in [0.717, 1.165) is 31.7 Å². The van der Waals surface area contributed by atoms with Gasteiger partial charge in [0, 0.05) is 26.2 Å². The molecule has 1 aromatic rings. The lowest BCUT2D eigenvalue weighted by Gasteiger charge is -2.34. The Morgan fingerprint density at radius 3 is 2.61 bits per heavy atom. The van der Waals surface area contributed by atoms with Crippen LogP contribution in [0.2, 0.25) is 0 Å². The number of hydrogen-bond acceptors (Lipinski definition) is 3. The van der Waals surface area contributed by atoms with Crippen molar-refractivity contribution in [3.63, 3.8) is 0 Å². The van der Waals surface area contributed by atoms with Crippen LogP contribution in [-0.4, -0.2) is 42.8 Å². The van der Waals surface area contributed by atoms with Gasteiger partial charge in [-0.1, -0.05) is 12.1 Å². The normalized spacial score (nSPS) is 18.2. The predicted octanol–water partition coefficient (Wildman–Crippen LogP) is 1.49. The first-order chi connectivity index (χ1) is 8.22. The molecule has 3 nitrogen and oxygen atoms in total. The molecule has 1 aromatic carbocycles. The van der Waals surface area contributed by atoms with Gasteiger partial charge < -0.3 is 10.4 Å². The van der Waals surface area contributed by atoms with E-state index in [-0.39, 0.29) is 30.9 Å². The van der Waals surface area contributed by atoms with Gasteiger partial charge in [-0.15, -0.1) is 12.4 Å². The van der Waals surface area contributed by atoms with E-state index in [1.807, 2.05) is 6.07 Å². The van der Waals surface area contributed by atoms with Crippen LogP contribution in [0, 0.1) is 12.7 Å². The van der Waals surface area contributed by atoms with Crippen molar-refractivity contribution in [1.82, 2.24) is 10.2 Å². The summed E-state index contributed by atoms with van der Waals surface area (Å²) in [6.07, 6.45) is 0. The Hall–Kier alpha value is -0.680. The van der Waals surface area contributed by atoms with Crippen LogP contribution < -0.4 is 5.32 Å². The van der Waals surface area contributed by atoms with E-state index in [1.165, 1.54) is 6.07 Å². The molecule has 0 aliphatic carbocycles. The molecule has 1 fully saturated rings. The molecule has 0 saturated carbocycles. The summed E-state index contributed by atoms with van der Waals surface area (Å²) < 4.78 is 13.2. The van der Waals surface area contributed by atoms with Crippen LogP contribution in [0.15, 0.2) is 18.2 Å². The zero-order valence-electron chi connectivity index (χ0n) is 10.5. The molecule has 0 radical (unpaired) electrons. The molecule has 0 amide bonds. The average molecular weight is 275 g/mol. The second kappa shape index (κ2) is 7.04. The number of aryl methyl sites for hydroxylation is 1. The number of aliphatic hydroxyl groups is 1. The van der Waals surface area contributed by atoms with Crippen LogP contribution >= 0.6 is 12.4 Å². The largest absolute Gasteiger partial charge is 0.394 e. The molecule has 1 atom stereocenters. The van der Waals surface area contributed by atoms with E-state index < -0.39 is 0 Å². The highest BCUT2D eigenvalue weighted by Gasteiger charge is 2.21. The molecule has 0 bridgehead atoms. The van der Waals surface area contributed by atoms with E-state index in [2.05, 4.69) is 10.2 Å². The first-order valence-corrected chi connectivity index (χ1v) is 6.04. The molecule has 0 aromatic heterocycles. The predicted molar refractivity (Wildman–Crippen MR) is 72.7 cm³/mol. The summed E-state index contributed by atoms with van der Waals surface area (Å²) in [6, 6.07) is 5.07. The van der Waals surface area contributed by atoms with Gasteiger partial charge in [0.1, 0.15) is 5.82 Å². The summed E-state index contributed by atoms with van der Waals surface area (Å²) in [5, 5.41) is 12.8. The lowest BCUT2D eigenvalue weighted by atomic mass is 10.0. The smallest absolute Gasteiger partial charge is 0.126 e. The summed E-state index contributed by atoms with van der Waals surface area (Å²) in [7, 11) is 0. The van der Waals surface area contributed by atoms with E-state index in [0.29, 0.717) is 5.56 Å². The molecule has 0 spiro atoms. The molecule has 1 saturated heterocycles. The molecule has 102 valence electrons. The van der Waals surface area contributed by atoms with E-state index in [9.17, 15) is 9.50 Å². The van der Waals surface area contributed by atoms with Crippen molar-refractivity contribution in [3.05, 3.63) is 35.1 Å². The highest BCUT2D eigenvalue weighted by molar-refractivity contribution is 5.85. The van der Waals surface area contributed by atoms with Gasteiger partial charge in [0.25, 0.3) is 0 Å². The van der Waals surface area contributed by atoms with Crippen LogP contribution in [0.4, 0.5) is 4.39 Å². The van der Waals surface area contributed by atoms with Crippen LogP contribution in [0.5, 0.6) is 0 Å². The maximum atomic E-state index is 13.2. The highest BCUT2D eigenvalue weighted by atomic mass is 35.5. The topological polar surface area (TPSA) is 35.5 Å². The summed E-state index contributed by atoms with van der Waals surface area (Å²) in [4.78, 5) is 2.24. The fourth-order valence-electron chi connectivity index (χ4n) is 2.30. The first-order valence-electron chi connectivity index (χ1n) is 6.04. The van der Waals surface area contributed by atoms with Crippen molar-refractivity contribution in [2.24, 2.45) is 0 Å². The minimum Gasteiger partial charge on any atom is -0.394 e. The Bertz CT molecular complexity index is 383. The number of nitrogens with zero attached hydrogens (tertiary/aromatic N) is 1. The van der Waals surface area contributed by atoms with Crippen molar-refractivity contribution >= 4 is 12.4 Å². The highest BCUT2D eigenvalue weighted by Crippen LogP contribution is 2.22. The van der Waals surface area contributed by atoms with Gasteiger partial charge in [0.2, 0.25) is 0 Å². The fraction of sp³-hybridized carbons (Fsp3) is 0.538. The quantitative estimate of drug-likeness (QED) is 0.877. The summed E-state index contributed by atoms with van der Waals surface area (Å²) in [5.41, 5.74) is 1.63. The van der Waals surface area contributed by atoms with Crippen LogP contribution in [0.25, 0.3) is 0 Å². The standard InChI is InChI=1S/C13H19FN2O.ClH/c1-10-8-11(2-3-12(10)14)13(9-17)16-6-4-15-5-7-16;/h2-3,8,13,15,17H,4-7,9H2,1H3;1H/t13-;/m1./s1. The molecule has 2 rings (SSSR count). The zero-order chi connectivity index (χ0) is 12.3. The number of hydrogen-bond donors (Lipinski definition) is 2. The fourth-order valence-corrected chi connectivity index (χ4v) is 2.30. The Labute approximate surface area is 113 Å². The average Bonchev–Trinajstić information content (AvgIpc) is 2.36. The molecular weight excluding hydrogens is 255 g/mol. The monoisotopic (exact) mass is 274 g/mol. The van der Waals surface area contributed by atoms with Gasteiger partial charge in [0.05, 0.1) is 12.6 Å². The Morgan fingerprint density at radius 2 is 2.06 bits per heavy atom. The number of halogens is 2. The summed E-state index contributed by atoms with van der Waals surface area (Å²) in [6.45, 7) is 5.55. The second-order valence-electron chi connectivity index (χ2n) is 4.49. The zero-order valence-corrected chi connectivity index (χ0v) is 11.3. The van der Waals surface area contributed by atoms with Crippen molar-refractivity contribution < 1.29 is 9.50 Å². The first kappa shape index (κ1) is 15.4. The SMILES string of the molecule is Cc1cc([C@@H](CO)N2CCNCC2)ccc1F.Cl. The lowest BCUT2D eigenvalue weighted by molar-refractivity contribution is 0.111. The Balaban J connectivity index is 0.00000162. The number of piperazine rings is 1. The van der Waals surface area contributed by atoms with Crippen LogP contribution in [0.1, 0.15) is 17.2 Å². The summed E-state index contributed by atoms with van der Waals surface area (Å²) >= 11 is 0. The van der Waals surface area contributed by atoms with Gasteiger partial charge >= 0.3 is 0 Å². The van der Waals surface area contributed by atoms with E-state index in [4.69, 9.17) is 0 Å². The third-order valence-corrected chi connectivity index (χ3v) is 3.33. The molecule has 2 N–H and O–H groups in total. The third-order valence-electron chi connectivity index (χ3n) is 3.33. The number of aliphatic hydroxyl groups excluding tert-OH is 1.